The van der Waals surface area contributed by atoms with Crippen LogP contribution in [0.4, 0.5) is 17.1 Å². The van der Waals surface area contributed by atoms with Gasteiger partial charge in [0.25, 0.3) is 0 Å². The standard InChI is InChI=1S/C12H10N2O.C7H10N2/c15-12-9-5-4-8-11(12)14-13-10-6-2-1-3-7-10;1-5-3-4-7(8)6(2)9-5/h1-9,15H;3-4H,8H2,1-2H3. The normalized spacial score (nSPS) is 10.2. The van der Waals surface area contributed by atoms with Gasteiger partial charge in [-0.1, -0.05) is 30.3 Å². The zero-order valence-electron chi connectivity index (χ0n) is 13.7. The first-order valence-corrected chi connectivity index (χ1v) is 7.51. The number of anilines is 1. The van der Waals surface area contributed by atoms with Gasteiger partial charge in [-0.2, -0.15) is 5.11 Å². The molecule has 0 saturated heterocycles. The summed E-state index contributed by atoms with van der Waals surface area (Å²) in [5.74, 6) is 0.136. The molecule has 0 atom stereocenters. The number of phenolic OH excluding ortho intramolecular Hbond substituents is 1. The summed E-state index contributed by atoms with van der Waals surface area (Å²) in [6.45, 7) is 3.86. The van der Waals surface area contributed by atoms with Crippen molar-refractivity contribution in [2.75, 3.05) is 5.73 Å². The molecule has 3 N–H and O–H groups in total. The summed E-state index contributed by atoms with van der Waals surface area (Å²) in [4.78, 5) is 4.15. The second-order valence-corrected chi connectivity index (χ2v) is 5.15. The van der Waals surface area contributed by atoms with Gasteiger partial charge in [-0.3, -0.25) is 4.98 Å². The molecule has 0 aliphatic heterocycles. The zero-order chi connectivity index (χ0) is 17.4. The zero-order valence-corrected chi connectivity index (χ0v) is 13.7. The molecular weight excluding hydrogens is 300 g/mol. The third kappa shape index (κ3) is 5.21. The largest absolute Gasteiger partial charge is 0.506 e. The summed E-state index contributed by atoms with van der Waals surface area (Å²) < 4.78 is 0. The fraction of sp³-hybridized carbons (Fsp3) is 0.105. The van der Waals surface area contributed by atoms with Crippen LogP contribution < -0.4 is 5.73 Å². The van der Waals surface area contributed by atoms with Gasteiger partial charge < -0.3 is 10.8 Å². The molecule has 5 heteroatoms. The molecule has 24 heavy (non-hydrogen) atoms. The molecule has 0 bridgehead atoms. The number of aromatic nitrogens is 1. The molecule has 0 unspecified atom stereocenters. The Bertz CT molecular complexity index is 817. The van der Waals surface area contributed by atoms with Crippen molar-refractivity contribution in [3.05, 3.63) is 78.1 Å². The lowest BCUT2D eigenvalue weighted by Crippen LogP contribution is -1.93. The number of aromatic hydroxyl groups is 1. The highest BCUT2D eigenvalue weighted by atomic mass is 16.3. The molecular formula is C19H20N4O. The monoisotopic (exact) mass is 320 g/mol. The van der Waals surface area contributed by atoms with Gasteiger partial charge in [0.2, 0.25) is 0 Å². The van der Waals surface area contributed by atoms with Crippen LogP contribution >= 0.6 is 0 Å². The van der Waals surface area contributed by atoms with Crippen molar-refractivity contribution in [1.82, 2.24) is 4.98 Å². The number of pyridine rings is 1. The minimum atomic E-state index is 0.136. The summed E-state index contributed by atoms with van der Waals surface area (Å²) in [5, 5.41) is 17.4. The van der Waals surface area contributed by atoms with E-state index in [1.165, 1.54) is 0 Å². The van der Waals surface area contributed by atoms with Crippen molar-refractivity contribution in [2.24, 2.45) is 10.2 Å². The van der Waals surface area contributed by atoms with Crippen LogP contribution in [0, 0.1) is 13.8 Å². The number of nitrogen functional groups attached to an aromatic ring is 1. The van der Waals surface area contributed by atoms with E-state index in [0.717, 1.165) is 22.8 Å². The van der Waals surface area contributed by atoms with Crippen molar-refractivity contribution >= 4 is 17.1 Å². The molecule has 2 aromatic carbocycles. The third-order valence-corrected chi connectivity index (χ3v) is 3.18. The molecule has 122 valence electrons. The number of aryl methyl sites for hydroxylation is 2. The van der Waals surface area contributed by atoms with E-state index in [-0.39, 0.29) is 5.75 Å². The summed E-state index contributed by atoms with van der Waals surface area (Å²) >= 11 is 0. The average molecular weight is 320 g/mol. The van der Waals surface area contributed by atoms with Gasteiger partial charge >= 0.3 is 0 Å². The number of para-hydroxylation sites is 1. The molecule has 1 heterocycles. The first kappa shape index (κ1) is 17.1. The average Bonchev–Trinajstić information content (AvgIpc) is 2.59. The molecule has 0 saturated carbocycles. The Morgan fingerprint density at radius 3 is 2.12 bits per heavy atom. The number of hydrogen-bond donors (Lipinski definition) is 2. The predicted octanol–water partition coefficient (Wildman–Crippen LogP) is 5.09. The van der Waals surface area contributed by atoms with Crippen LogP contribution in [-0.2, 0) is 0 Å². The second kappa shape index (κ2) is 8.43. The van der Waals surface area contributed by atoms with Gasteiger partial charge in [0.1, 0.15) is 11.4 Å². The van der Waals surface area contributed by atoms with Crippen molar-refractivity contribution in [3.8, 4) is 5.75 Å². The van der Waals surface area contributed by atoms with Gasteiger partial charge in [-0.05, 0) is 50.2 Å². The van der Waals surface area contributed by atoms with Crippen LogP contribution in [-0.4, -0.2) is 10.1 Å². The number of nitrogens with two attached hydrogens (primary N) is 1. The van der Waals surface area contributed by atoms with Crippen LogP contribution in [0.2, 0.25) is 0 Å². The molecule has 0 aliphatic rings. The van der Waals surface area contributed by atoms with E-state index in [1.807, 2.05) is 56.3 Å². The van der Waals surface area contributed by atoms with E-state index in [1.54, 1.807) is 24.3 Å². The fourth-order valence-corrected chi connectivity index (χ4v) is 1.85. The van der Waals surface area contributed by atoms with Crippen LogP contribution in [0.25, 0.3) is 0 Å². The van der Waals surface area contributed by atoms with Crippen LogP contribution in [0.3, 0.4) is 0 Å². The third-order valence-electron chi connectivity index (χ3n) is 3.18. The second-order valence-electron chi connectivity index (χ2n) is 5.15. The Kier molecular flexibility index (Phi) is 6.02. The number of azo groups is 1. The lowest BCUT2D eigenvalue weighted by atomic mass is 10.3. The number of phenols is 1. The maximum atomic E-state index is 9.43. The summed E-state index contributed by atoms with van der Waals surface area (Å²) in [6.07, 6.45) is 0. The fourth-order valence-electron chi connectivity index (χ4n) is 1.85. The lowest BCUT2D eigenvalue weighted by Gasteiger charge is -1.97. The summed E-state index contributed by atoms with van der Waals surface area (Å²) in [5.41, 5.74) is 9.46. The van der Waals surface area contributed by atoms with Gasteiger partial charge in [0, 0.05) is 5.69 Å². The molecule has 0 radical (unpaired) electrons. The number of hydrogen-bond acceptors (Lipinski definition) is 5. The molecule has 3 rings (SSSR count). The summed E-state index contributed by atoms with van der Waals surface area (Å²) in [6, 6.07) is 20.0. The van der Waals surface area contributed by atoms with Crippen LogP contribution in [0.5, 0.6) is 5.75 Å². The summed E-state index contributed by atoms with van der Waals surface area (Å²) in [7, 11) is 0. The highest BCUT2D eigenvalue weighted by molar-refractivity contribution is 5.50. The van der Waals surface area contributed by atoms with Gasteiger partial charge in [0.05, 0.1) is 17.1 Å². The SMILES string of the molecule is Cc1ccc(N)c(C)n1.Oc1ccccc1N=Nc1ccccc1. The smallest absolute Gasteiger partial charge is 0.143 e. The van der Waals surface area contributed by atoms with E-state index in [9.17, 15) is 5.11 Å². The first-order chi connectivity index (χ1) is 11.6. The van der Waals surface area contributed by atoms with Crippen LogP contribution in [0.15, 0.2) is 77.0 Å². The molecule has 0 aliphatic carbocycles. The van der Waals surface area contributed by atoms with Crippen molar-refractivity contribution in [2.45, 2.75) is 13.8 Å². The highest BCUT2D eigenvalue weighted by Crippen LogP contribution is 2.26. The van der Waals surface area contributed by atoms with E-state index in [0.29, 0.717) is 5.69 Å². The maximum absolute atomic E-state index is 9.43. The molecule has 1 aromatic heterocycles. The molecule has 0 spiro atoms. The van der Waals surface area contributed by atoms with E-state index < -0.39 is 0 Å². The predicted molar refractivity (Wildman–Crippen MR) is 96.8 cm³/mol. The van der Waals surface area contributed by atoms with Crippen molar-refractivity contribution < 1.29 is 5.11 Å². The maximum Gasteiger partial charge on any atom is 0.143 e. The molecule has 5 nitrogen and oxygen atoms in total. The van der Waals surface area contributed by atoms with Crippen molar-refractivity contribution in [1.29, 1.82) is 0 Å². The van der Waals surface area contributed by atoms with Crippen molar-refractivity contribution in [3.63, 3.8) is 0 Å². The number of rotatable bonds is 2. The Hall–Kier alpha value is -3.21. The molecule has 3 aromatic rings. The lowest BCUT2D eigenvalue weighted by molar-refractivity contribution is 0.476. The Morgan fingerprint density at radius 1 is 0.833 bits per heavy atom. The Balaban J connectivity index is 0.000000198. The topological polar surface area (TPSA) is 83.9 Å². The van der Waals surface area contributed by atoms with Crippen LogP contribution in [0.1, 0.15) is 11.4 Å². The number of nitrogens with zero attached hydrogens (tertiary/aromatic N) is 3. The van der Waals surface area contributed by atoms with Gasteiger partial charge in [0.15, 0.2) is 0 Å². The van der Waals surface area contributed by atoms with E-state index >= 15 is 0 Å². The highest BCUT2D eigenvalue weighted by Gasteiger charge is 1.95. The molecule has 0 amide bonds. The number of benzene rings is 2. The Morgan fingerprint density at radius 2 is 1.50 bits per heavy atom. The van der Waals surface area contributed by atoms with Gasteiger partial charge in [-0.25, -0.2) is 0 Å². The minimum Gasteiger partial charge on any atom is -0.506 e. The minimum absolute atomic E-state index is 0.136. The van der Waals surface area contributed by atoms with E-state index in [2.05, 4.69) is 15.2 Å². The van der Waals surface area contributed by atoms with Gasteiger partial charge in [-0.15, -0.1) is 5.11 Å². The Labute approximate surface area is 141 Å². The van der Waals surface area contributed by atoms with E-state index in [4.69, 9.17) is 5.73 Å². The first-order valence-electron chi connectivity index (χ1n) is 7.51. The quantitative estimate of drug-likeness (QED) is 0.645. The molecule has 0 fully saturated rings.